The summed E-state index contributed by atoms with van der Waals surface area (Å²) in [5.41, 5.74) is 4.79. The van der Waals surface area contributed by atoms with E-state index in [4.69, 9.17) is 14.5 Å². The number of anilines is 2. The first-order valence-corrected chi connectivity index (χ1v) is 11.8. The lowest BCUT2D eigenvalue weighted by Gasteiger charge is -2.30. The minimum atomic E-state index is -5.65. The molecule has 0 aliphatic carbocycles. The Morgan fingerprint density at radius 1 is 1.06 bits per heavy atom. The number of nitrogens with zero attached hydrogens (tertiary/aromatic N) is 1. The van der Waals surface area contributed by atoms with E-state index in [1.807, 2.05) is 29.3 Å². The first-order valence-electron chi connectivity index (χ1n) is 10.2. The largest absolute Gasteiger partial charge is 0.465 e. The van der Waals surface area contributed by atoms with Crippen LogP contribution in [-0.2, 0) is 21.4 Å². The predicted molar refractivity (Wildman–Crippen MR) is 122 cm³/mol. The SMILES string of the molecule is COC(=O)c1ccc(C(Cc2ccc(C(F)(F)P(=O)(O)O)cc2)N2NNc3ccccc32)cc1. The zero-order valence-electron chi connectivity index (χ0n) is 18.0. The van der Waals surface area contributed by atoms with E-state index in [0.717, 1.165) is 29.1 Å². The number of carbonyl (C=O) groups is 1. The Labute approximate surface area is 194 Å². The normalized spacial score (nSPS) is 14.3. The molecule has 0 bridgehead atoms. The van der Waals surface area contributed by atoms with Gasteiger partial charge in [0.1, 0.15) is 0 Å². The summed E-state index contributed by atoms with van der Waals surface area (Å²) in [6.45, 7) is 0. The number of nitrogens with one attached hydrogen (secondary N) is 2. The zero-order valence-corrected chi connectivity index (χ0v) is 18.9. The van der Waals surface area contributed by atoms with Crippen LogP contribution in [-0.4, -0.2) is 22.9 Å². The van der Waals surface area contributed by atoms with Crippen molar-refractivity contribution in [3.63, 3.8) is 0 Å². The molecule has 3 aromatic carbocycles. The summed E-state index contributed by atoms with van der Waals surface area (Å²) in [7, 11) is -4.35. The third kappa shape index (κ3) is 4.53. The third-order valence-electron chi connectivity index (χ3n) is 5.60. The summed E-state index contributed by atoms with van der Waals surface area (Å²) in [6.07, 6.45) is 0.363. The van der Waals surface area contributed by atoms with Gasteiger partial charge in [0.15, 0.2) is 0 Å². The number of hydrazine groups is 2. The first kappa shape index (κ1) is 23.8. The van der Waals surface area contributed by atoms with Crippen LogP contribution in [0.1, 0.15) is 33.1 Å². The smallest absolute Gasteiger partial charge is 0.399 e. The Hall–Kier alpha value is -3.30. The maximum absolute atomic E-state index is 14.0. The molecule has 3 aromatic rings. The fourth-order valence-electron chi connectivity index (χ4n) is 3.77. The Kier molecular flexibility index (Phi) is 6.42. The Bertz CT molecular complexity index is 1230. The van der Waals surface area contributed by atoms with Crippen LogP contribution in [0.3, 0.4) is 0 Å². The number of methoxy groups -OCH3 is 1. The van der Waals surface area contributed by atoms with Crippen molar-refractivity contribution >= 4 is 24.9 Å². The highest BCUT2D eigenvalue weighted by Gasteiger charge is 2.50. The van der Waals surface area contributed by atoms with Crippen LogP contribution in [0.15, 0.2) is 72.8 Å². The summed E-state index contributed by atoms with van der Waals surface area (Å²) in [5, 5.41) is 1.89. The molecular formula is C23H22F2N3O5P. The molecule has 0 saturated carbocycles. The second kappa shape index (κ2) is 9.15. The molecule has 0 aromatic heterocycles. The highest BCUT2D eigenvalue weighted by atomic mass is 31.2. The first-order chi connectivity index (χ1) is 16.1. The van der Waals surface area contributed by atoms with E-state index in [9.17, 15) is 18.1 Å². The quantitative estimate of drug-likeness (QED) is 0.287. The van der Waals surface area contributed by atoms with Crippen molar-refractivity contribution in [2.75, 3.05) is 17.5 Å². The van der Waals surface area contributed by atoms with Crippen molar-refractivity contribution in [2.45, 2.75) is 18.1 Å². The number of benzene rings is 3. The van der Waals surface area contributed by atoms with Gasteiger partial charge in [-0.2, -0.15) is 8.78 Å². The van der Waals surface area contributed by atoms with E-state index in [1.165, 1.54) is 19.2 Å². The maximum Gasteiger partial charge on any atom is 0.399 e. The van der Waals surface area contributed by atoms with Crippen LogP contribution < -0.4 is 16.0 Å². The third-order valence-corrected chi connectivity index (χ3v) is 6.59. The highest BCUT2D eigenvalue weighted by Crippen LogP contribution is 2.59. The minimum Gasteiger partial charge on any atom is -0.465 e. The molecule has 8 nitrogen and oxygen atoms in total. The molecule has 1 unspecified atom stereocenters. The molecule has 1 heterocycles. The second-order valence-electron chi connectivity index (χ2n) is 7.74. The predicted octanol–water partition coefficient (Wildman–Crippen LogP) is 4.34. The van der Waals surface area contributed by atoms with Crippen molar-refractivity contribution < 1.29 is 32.7 Å². The summed E-state index contributed by atoms with van der Waals surface area (Å²) in [6, 6.07) is 19.0. The van der Waals surface area contributed by atoms with Gasteiger partial charge < -0.3 is 19.9 Å². The van der Waals surface area contributed by atoms with Crippen LogP contribution >= 0.6 is 7.60 Å². The zero-order chi connectivity index (χ0) is 24.5. The van der Waals surface area contributed by atoms with Crippen molar-refractivity contribution in [1.82, 2.24) is 5.53 Å². The van der Waals surface area contributed by atoms with Gasteiger partial charge in [0.2, 0.25) is 0 Å². The van der Waals surface area contributed by atoms with Gasteiger partial charge in [-0.05, 0) is 41.8 Å². The molecule has 0 fully saturated rings. The van der Waals surface area contributed by atoms with E-state index in [0.29, 0.717) is 17.5 Å². The van der Waals surface area contributed by atoms with Crippen LogP contribution in [0.2, 0.25) is 0 Å². The Balaban J connectivity index is 1.67. The van der Waals surface area contributed by atoms with Crippen LogP contribution in [0.5, 0.6) is 0 Å². The molecule has 178 valence electrons. The van der Waals surface area contributed by atoms with Gasteiger partial charge in [-0.25, -0.2) is 4.79 Å². The molecule has 1 aliphatic rings. The van der Waals surface area contributed by atoms with Gasteiger partial charge in [0.05, 0.1) is 30.1 Å². The van der Waals surface area contributed by atoms with Crippen molar-refractivity contribution in [3.05, 3.63) is 95.1 Å². The minimum absolute atomic E-state index is 0.323. The number of hydrogen-bond acceptors (Lipinski definition) is 6. The summed E-state index contributed by atoms with van der Waals surface area (Å²) >= 11 is 0. The number of hydrogen-bond donors (Lipinski definition) is 4. The van der Waals surface area contributed by atoms with E-state index >= 15 is 0 Å². The highest BCUT2D eigenvalue weighted by molar-refractivity contribution is 7.52. The van der Waals surface area contributed by atoms with Crippen LogP contribution in [0, 0.1) is 0 Å². The average molecular weight is 489 g/mol. The van der Waals surface area contributed by atoms with Crippen molar-refractivity contribution in [2.24, 2.45) is 0 Å². The number of esters is 1. The molecule has 11 heteroatoms. The Morgan fingerprint density at radius 2 is 1.71 bits per heavy atom. The molecule has 1 atom stereocenters. The van der Waals surface area contributed by atoms with E-state index < -0.39 is 24.8 Å². The van der Waals surface area contributed by atoms with Gasteiger partial charge in [-0.15, -0.1) is 5.53 Å². The molecule has 0 saturated heterocycles. The van der Waals surface area contributed by atoms with Gasteiger partial charge in [0.25, 0.3) is 0 Å². The van der Waals surface area contributed by atoms with Gasteiger partial charge >= 0.3 is 19.2 Å². The molecule has 4 rings (SSSR count). The van der Waals surface area contributed by atoms with Gasteiger partial charge in [0, 0.05) is 5.56 Å². The average Bonchev–Trinajstić information content (AvgIpc) is 3.26. The van der Waals surface area contributed by atoms with Crippen LogP contribution in [0.4, 0.5) is 20.2 Å². The van der Waals surface area contributed by atoms with E-state index in [-0.39, 0.29) is 6.04 Å². The number of alkyl halides is 2. The lowest BCUT2D eigenvalue weighted by molar-refractivity contribution is 0.0564. The number of halogens is 2. The number of rotatable bonds is 7. The fourth-order valence-corrected chi connectivity index (χ4v) is 4.25. The molecule has 0 spiro atoms. The molecule has 4 N–H and O–H groups in total. The van der Waals surface area contributed by atoms with Gasteiger partial charge in [-0.1, -0.05) is 48.5 Å². The number of carbonyl (C=O) groups excluding carboxylic acids is 1. The maximum atomic E-state index is 14.0. The second-order valence-corrected chi connectivity index (χ2v) is 9.39. The molecule has 0 radical (unpaired) electrons. The lowest BCUT2D eigenvalue weighted by Crippen LogP contribution is -2.40. The number of para-hydroxylation sites is 2. The number of ether oxygens (including phenoxy) is 1. The summed E-state index contributed by atoms with van der Waals surface area (Å²) in [5.74, 6) is -0.462. The fraction of sp³-hybridized carbons (Fsp3) is 0.174. The summed E-state index contributed by atoms with van der Waals surface area (Å²) < 4.78 is 44.0. The van der Waals surface area contributed by atoms with Crippen molar-refractivity contribution in [3.8, 4) is 0 Å². The van der Waals surface area contributed by atoms with Crippen molar-refractivity contribution in [1.29, 1.82) is 0 Å². The van der Waals surface area contributed by atoms with E-state index in [1.54, 1.807) is 24.3 Å². The topological polar surface area (TPSA) is 111 Å². The number of fused-ring (bicyclic) bond motifs is 1. The summed E-state index contributed by atoms with van der Waals surface area (Å²) in [4.78, 5) is 29.8. The lowest BCUT2D eigenvalue weighted by atomic mass is 9.96. The molecule has 0 amide bonds. The molecule has 34 heavy (non-hydrogen) atoms. The van der Waals surface area contributed by atoms with Gasteiger partial charge in [-0.3, -0.25) is 9.57 Å². The molecule has 1 aliphatic heterocycles. The molecular weight excluding hydrogens is 467 g/mol. The monoisotopic (exact) mass is 489 g/mol. The van der Waals surface area contributed by atoms with E-state index in [2.05, 4.69) is 11.0 Å². The van der Waals surface area contributed by atoms with Crippen LogP contribution in [0.25, 0.3) is 0 Å². The standard InChI is InChI=1S/C23H22F2N3O5P/c1-33-22(29)17-10-8-16(9-11-17)21(28-20-5-3-2-4-19(20)26-27-28)14-15-6-12-18(13-7-15)23(24,25)34(30,31)32/h2-13,21,26-27H,14H2,1H3,(H2,30,31,32). The Morgan fingerprint density at radius 3 is 2.32 bits per heavy atom.